The van der Waals surface area contributed by atoms with Gasteiger partial charge in [0.1, 0.15) is 11.5 Å². The maximum absolute atomic E-state index is 12.4. The Hall–Kier alpha value is -2.83. The lowest BCUT2D eigenvalue weighted by molar-refractivity contribution is -0.146. The minimum atomic E-state index is -0.801. The topological polar surface area (TPSA) is 99.1 Å². The quantitative estimate of drug-likeness (QED) is 0.386. The third-order valence-corrected chi connectivity index (χ3v) is 6.05. The number of allylic oxidation sites excluding steroid dienone is 1. The molecule has 1 aromatic rings. The van der Waals surface area contributed by atoms with Crippen LogP contribution < -0.4 is 9.47 Å². The maximum atomic E-state index is 12.4. The van der Waals surface area contributed by atoms with E-state index in [-0.39, 0.29) is 35.8 Å². The number of aliphatic carboxylic acids is 1. The van der Waals surface area contributed by atoms with Crippen LogP contribution in [0.5, 0.6) is 11.5 Å². The molecule has 168 valence electrons. The van der Waals surface area contributed by atoms with Crippen molar-refractivity contribution in [2.75, 3.05) is 0 Å². The lowest BCUT2D eigenvalue weighted by Gasteiger charge is -2.27. The van der Waals surface area contributed by atoms with E-state index in [1.54, 1.807) is 24.3 Å². The predicted octanol–water partition coefficient (Wildman–Crippen LogP) is 4.50. The van der Waals surface area contributed by atoms with Gasteiger partial charge in [-0.2, -0.15) is 0 Å². The maximum Gasteiger partial charge on any atom is 0.314 e. The molecule has 3 rings (SSSR count). The predicted molar refractivity (Wildman–Crippen MR) is 112 cm³/mol. The molecule has 1 N–H and O–H groups in total. The van der Waals surface area contributed by atoms with Crippen molar-refractivity contribution < 1.29 is 33.7 Å². The molecular formula is C24H30O7. The zero-order chi connectivity index (χ0) is 22.4. The Morgan fingerprint density at radius 1 is 0.774 bits per heavy atom. The fourth-order valence-electron chi connectivity index (χ4n) is 4.25. The molecule has 7 nitrogen and oxygen atoms in total. The van der Waals surface area contributed by atoms with Crippen LogP contribution >= 0.6 is 0 Å². The van der Waals surface area contributed by atoms with Crippen molar-refractivity contribution in [1.29, 1.82) is 0 Å². The van der Waals surface area contributed by atoms with E-state index >= 15 is 0 Å². The van der Waals surface area contributed by atoms with Crippen LogP contribution in [0.25, 0.3) is 0 Å². The first-order chi connectivity index (χ1) is 14.8. The van der Waals surface area contributed by atoms with Gasteiger partial charge in [0.2, 0.25) is 0 Å². The van der Waals surface area contributed by atoms with Gasteiger partial charge in [-0.05, 0) is 82.6 Å². The van der Waals surface area contributed by atoms with Gasteiger partial charge in [0.05, 0.1) is 29.6 Å². The number of carboxylic acid groups (broad SMARTS) is 1. The number of ether oxygens (including phenoxy) is 3. The molecule has 2 saturated carbocycles. The van der Waals surface area contributed by atoms with Crippen LogP contribution in [0.15, 0.2) is 36.6 Å². The largest absolute Gasteiger partial charge is 0.496 e. The Labute approximate surface area is 182 Å². The second-order valence-corrected chi connectivity index (χ2v) is 8.49. The van der Waals surface area contributed by atoms with Crippen LogP contribution in [0.2, 0.25) is 0 Å². The highest BCUT2D eigenvalue weighted by atomic mass is 16.5. The molecule has 0 heterocycles. The fourth-order valence-corrected chi connectivity index (χ4v) is 4.25. The van der Waals surface area contributed by atoms with Crippen molar-refractivity contribution in [2.45, 2.75) is 64.4 Å². The second-order valence-electron chi connectivity index (χ2n) is 8.49. The number of esters is 2. The van der Waals surface area contributed by atoms with Gasteiger partial charge in [-0.25, -0.2) is 0 Å². The lowest BCUT2D eigenvalue weighted by Crippen LogP contribution is -2.28. The Morgan fingerprint density at radius 2 is 1.16 bits per heavy atom. The molecule has 0 spiro atoms. The van der Waals surface area contributed by atoms with E-state index in [0.29, 0.717) is 42.9 Å². The van der Waals surface area contributed by atoms with Gasteiger partial charge in [0, 0.05) is 0 Å². The van der Waals surface area contributed by atoms with Gasteiger partial charge in [0.15, 0.2) is 0 Å². The van der Waals surface area contributed by atoms with Crippen LogP contribution in [-0.2, 0) is 19.1 Å². The van der Waals surface area contributed by atoms with Crippen LogP contribution in [0.1, 0.15) is 58.3 Å². The van der Waals surface area contributed by atoms with E-state index in [2.05, 4.69) is 6.58 Å². The third-order valence-electron chi connectivity index (χ3n) is 6.05. The minimum Gasteiger partial charge on any atom is -0.496 e. The van der Waals surface area contributed by atoms with Crippen molar-refractivity contribution in [3.63, 3.8) is 0 Å². The number of carboxylic acids is 1. The molecule has 7 heteroatoms. The summed E-state index contributed by atoms with van der Waals surface area (Å²) in [6.07, 6.45) is 5.18. The van der Waals surface area contributed by atoms with Crippen molar-refractivity contribution in [2.24, 2.45) is 17.8 Å². The highest BCUT2D eigenvalue weighted by Gasteiger charge is 2.31. The first kappa shape index (κ1) is 22.8. The van der Waals surface area contributed by atoms with Crippen molar-refractivity contribution in [1.82, 2.24) is 0 Å². The molecular weight excluding hydrogens is 400 g/mol. The summed E-state index contributed by atoms with van der Waals surface area (Å²) in [6, 6.07) is 6.41. The van der Waals surface area contributed by atoms with Crippen LogP contribution in [0.3, 0.4) is 0 Å². The fraction of sp³-hybridized carbons (Fsp3) is 0.542. The molecule has 0 aromatic heterocycles. The third kappa shape index (κ3) is 6.57. The standard InChI is InChI=1S/C24H30O7/c1-15(2)29-19-9-7-18(8-10-19)24(28)31-21-13-11-20(12-14-21)30-23(27)17-5-3-16(4-6-17)22(25)26/h11-14,16-19H,1,3-10H2,2H3,(H,25,26). The molecule has 0 radical (unpaired) electrons. The summed E-state index contributed by atoms with van der Waals surface area (Å²) in [6.45, 7) is 5.58. The Kier molecular flexibility index (Phi) is 7.71. The van der Waals surface area contributed by atoms with E-state index in [0.717, 1.165) is 25.7 Å². The summed E-state index contributed by atoms with van der Waals surface area (Å²) in [5.41, 5.74) is 0. The smallest absolute Gasteiger partial charge is 0.314 e. The van der Waals surface area contributed by atoms with Crippen molar-refractivity contribution in [3.05, 3.63) is 36.6 Å². The van der Waals surface area contributed by atoms with E-state index in [4.69, 9.17) is 19.3 Å². The van der Waals surface area contributed by atoms with Gasteiger partial charge in [0.25, 0.3) is 0 Å². The van der Waals surface area contributed by atoms with Crippen LogP contribution in [0, 0.1) is 17.8 Å². The number of hydrogen-bond acceptors (Lipinski definition) is 6. The number of hydrogen-bond donors (Lipinski definition) is 1. The Bertz CT molecular complexity index is 798. The van der Waals surface area contributed by atoms with Gasteiger partial charge >= 0.3 is 17.9 Å². The summed E-state index contributed by atoms with van der Waals surface area (Å²) in [7, 11) is 0. The van der Waals surface area contributed by atoms with E-state index in [1.807, 2.05) is 6.92 Å². The van der Waals surface area contributed by atoms with Gasteiger partial charge in [-0.15, -0.1) is 0 Å². The summed E-state index contributed by atoms with van der Waals surface area (Å²) in [4.78, 5) is 35.8. The lowest BCUT2D eigenvalue weighted by atomic mass is 9.82. The number of carbonyl (C=O) groups excluding carboxylic acids is 2. The summed E-state index contributed by atoms with van der Waals surface area (Å²) in [5.74, 6) is -0.720. The van der Waals surface area contributed by atoms with Gasteiger partial charge in [-0.1, -0.05) is 6.58 Å². The van der Waals surface area contributed by atoms with E-state index in [9.17, 15) is 14.4 Å². The molecule has 0 saturated heterocycles. The highest BCUT2D eigenvalue weighted by molar-refractivity contribution is 5.77. The zero-order valence-corrected chi connectivity index (χ0v) is 17.9. The van der Waals surface area contributed by atoms with Crippen LogP contribution in [0.4, 0.5) is 0 Å². The van der Waals surface area contributed by atoms with Gasteiger partial charge in [-0.3, -0.25) is 14.4 Å². The molecule has 2 aliphatic carbocycles. The minimum absolute atomic E-state index is 0.120. The van der Waals surface area contributed by atoms with E-state index in [1.165, 1.54) is 0 Å². The molecule has 0 aliphatic heterocycles. The molecule has 0 atom stereocenters. The molecule has 2 fully saturated rings. The second kappa shape index (κ2) is 10.5. The monoisotopic (exact) mass is 430 g/mol. The zero-order valence-electron chi connectivity index (χ0n) is 17.9. The summed E-state index contributed by atoms with van der Waals surface area (Å²) < 4.78 is 16.5. The molecule has 0 amide bonds. The first-order valence-corrected chi connectivity index (χ1v) is 10.9. The molecule has 1 aromatic carbocycles. The SMILES string of the molecule is C=C(C)OC1CCC(C(=O)Oc2ccc(OC(=O)C3CCC(C(=O)O)CC3)cc2)CC1. The Morgan fingerprint density at radius 3 is 1.55 bits per heavy atom. The normalized spacial score (nSPS) is 25.8. The number of carbonyl (C=O) groups is 3. The molecule has 0 unspecified atom stereocenters. The van der Waals surface area contributed by atoms with E-state index < -0.39 is 5.97 Å². The van der Waals surface area contributed by atoms with Crippen LogP contribution in [-0.4, -0.2) is 29.1 Å². The number of benzene rings is 1. The van der Waals surface area contributed by atoms with Crippen molar-refractivity contribution in [3.8, 4) is 11.5 Å². The molecule has 31 heavy (non-hydrogen) atoms. The first-order valence-electron chi connectivity index (χ1n) is 10.9. The summed E-state index contributed by atoms with van der Waals surface area (Å²) >= 11 is 0. The summed E-state index contributed by atoms with van der Waals surface area (Å²) in [5, 5.41) is 9.05. The van der Waals surface area contributed by atoms with Crippen molar-refractivity contribution >= 4 is 17.9 Å². The molecule has 2 aliphatic rings. The molecule has 0 bridgehead atoms. The number of rotatable bonds is 7. The highest BCUT2D eigenvalue weighted by Crippen LogP contribution is 2.31. The Balaban J connectivity index is 1.44. The average Bonchev–Trinajstić information content (AvgIpc) is 2.75. The van der Waals surface area contributed by atoms with Gasteiger partial charge < -0.3 is 19.3 Å². The average molecular weight is 430 g/mol.